The third-order valence-corrected chi connectivity index (χ3v) is 6.84. The maximum Gasteiger partial charge on any atom is -0.0102 e. The maximum atomic E-state index is 2.41. The lowest BCUT2D eigenvalue weighted by molar-refractivity contribution is 0.690. The highest BCUT2D eigenvalue weighted by atomic mass is 14.2. The van der Waals surface area contributed by atoms with E-state index in [0.29, 0.717) is 0 Å². The molecule has 0 unspecified atom stereocenters. The van der Waals surface area contributed by atoms with Crippen LogP contribution in [0.3, 0.4) is 0 Å². The van der Waals surface area contributed by atoms with Crippen LogP contribution in [-0.4, -0.2) is 0 Å². The van der Waals surface area contributed by atoms with Crippen molar-refractivity contribution in [2.45, 2.75) is 59.3 Å². The van der Waals surface area contributed by atoms with Crippen LogP contribution in [0.2, 0.25) is 0 Å². The van der Waals surface area contributed by atoms with E-state index in [1.807, 2.05) is 0 Å². The minimum absolute atomic E-state index is 1.08. The van der Waals surface area contributed by atoms with Gasteiger partial charge in [0.15, 0.2) is 0 Å². The van der Waals surface area contributed by atoms with Gasteiger partial charge in [0.1, 0.15) is 0 Å². The third kappa shape index (κ3) is 3.06. The molecule has 0 aliphatic heterocycles. The molecule has 29 heavy (non-hydrogen) atoms. The summed E-state index contributed by atoms with van der Waals surface area (Å²) in [6, 6.07) is 21.3. The Morgan fingerprint density at radius 3 is 2.14 bits per heavy atom. The summed E-state index contributed by atoms with van der Waals surface area (Å²) in [5.74, 6) is 0. The summed E-state index contributed by atoms with van der Waals surface area (Å²) in [4.78, 5) is 0. The Labute approximate surface area is 174 Å². The molecule has 0 aromatic heterocycles. The van der Waals surface area contributed by atoms with Crippen LogP contribution in [0.5, 0.6) is 0 Å². The van der Waals surface area contributed by atoms with Gasteiger partial charge in [-0.1, -0.05) is 67.9 Å². The van der Waals surface area contributed by atoms with Crippen molar-refractivity contribution in [3.05, 3.63) is 82.4 Å². The predicted molar refractivity (Wildman–Crippen MR) is 127 cm³/mol. The second-order valence-corrected chi connectivity index (χ2v) is 8.67. The zero-order valence-corrected chi connectivity index (χ0v) is 17.9. The number of hydrogen-bond acceptors (Lipinski definition) is 0. The van der Waals surface area contributed by atoms with E-state index in [1.54, 1.807) is 11.1 Å². The largest absolute Gasteiger partial charge is 0.0613 e. The molecule has 0 heterocycles. The van der Waals surface area contributed by atoms with Crippen molar-refractivity contribution in [3.8, 4) is 11.1 Å². The molecule has 0 radical (unpaired) electrons. The summed E-state index contributed by atoms with van der Waals surface area (Å²) < 4.78 is 0. The number of fused-ring (bicyclic) bond motifs is 5. The van der Waals surface area contributed by atoms with Crippen LogP contribution in [0.1, 0.15) is 54.5 Å². The van der Waals surface area contributed by atoms with Crippen LogP contribution in [0.15, 0.2) is 54.6 Å². The lowest BCUT2D eigenvalue weighted by Crippen LogP contribution is -2.03. The Hall–Kier alpha value is -2.60. The molecule has 0 saturated carbocycles. The van der Waals surface area contributed by atoms with Crippen molar-refractivity contribution >= 4 is 21.5 Å². The van der Waals surface area contributed by atoms with Gasteiger partial charge in [0.2, 0.25) is 0 Å². The summed E-state index contributed by atoms with van der Waals surface area (Å²) >= 11 is 0. The van der Waals surface area contributed by atoms with Crippen molar-refractivity contribution in [1.82, 2.24) is 0 Å². The fourth-order valence-corrected chi connectivity index (χ4v) is 5.43. The number of rotatable bonds is 3. The van der Waals surface area contributed by atoms with Gasteiger partial charge in [-0.2, -0.15) is 0 Å². The molecule has 146 valence electrons. The molecule has 0 bridgehead atoms. The SMILES string of the molecule is CCc1cc(C)cc(CC)c1-c1ccc2c(ccc3c4c(ccc32)CCCC4)c1. The summed E-state index contributed by atoms with van der Waals surface area (Å²) in [5.41, 5.74) is 10.3. The lowest BCUT2D eigenvalue weighted by atomic mass is 9.85. The summed E-state index contributed by atoms with van der Waals surface area (Å²) in [6.07, 6.45) is 7.30. The van der Waals surface area contributed by atoms with Crippen molar-refractivity contribution < 1.29 is 0 Å². The average molecular weight is 379 g/mol. The number of aryl methyl sites for hydroxylation is 5. The molecule has 1 aliphatic rings. The predicted octanol–water partition coefficient (Wildman–Crippen LogP) is 7.97. The van der Waals surface area contributed by atoms with Gasteiger partial charge < -0.3 is 0 Å². The van der Waals surface area contributed by atoms with Gasteiger partial charge in [-0.05, 0) is 106 Å². The minimum atomic E-state index is 1.08. The topological polar surface area (TPSA) is 0 Å². The highest BCUT2D eigenvalue weighted by Gasteiger charge is 2.15. The van der Waals surface area contributed by atoms with Gasteiger partial charge in [0.05, 0.1) is 0 Å². The molecule has 0 N–H and O–H groups in total. The van der Waals surface area contributed by atoms with Crippen LogP contribution in [0.25, 0.3) is 32.7 Å². The number of hydrogen-bond donors (Lipinski definition) is 0. The van der Waals surface area contributed by atoms with Crippen molar-refractivity contribution in [1.29, 1.82) is 0 Å². The van der Waals surface area contributed by atoms with E-state index in [4.69, 9.17) is 0 Å². The lowest BCUT2D eigenvalue weighted by Gasteiger charge is -2.19. The first-order valence-corrected chi connectivity index (χ1v) is 11.3. The highest BCUT2D eigenvalue weighted by molar-refractivity contribution is 6.09. The first-order valence-electron chi connectivity index (χ1n) is 11.3. The first-order chi connectivity index (χ1) is 14.2. The highest BCUT2D eigenvalue weighted by Crippen LogP contribution is 2.36. The quantitative estimate of drug-likeness (QED) is 0.317. The zero-order chi connectivity index (χ0) is 20.0. The van der Waals surface area contributed by atoms with E-state index in [0.717, 1.165) is 12.8 Å². The van der Waals surface area contributed by atoms with E-state index in [9.17, 15) is 0 Å². The Balaban J connectivity index is 1.72. The summed E-state index contributed by atoms with van der Waals surface area (Å²) in [6.45, 7) is 6.76. The Kier molecular flexibility index (Phi) is 4.66. The fraction of sp³-hybridized carbons (Fsp3) is 0.310. The molecular formula is C29H30. The van der Waals surface area contributed by atoms with E-state index in [-0.39, 0.29) is 0 Å². The van der Waals surface area contributed by atoms with Crippen LogP contribution >= 0.6 is 0 Å². The monoisotopic (exact) mass is 378 g/mol. The summed E-state index contributed by atoms with van der Waals surface area (Å²) in [5, 5.41) is 5.64. The van der Waals surface area contributed by atoms with Crippen molar-refractivity contribution in [2.75, 3.05) is 0 Å². The average Bonchev–Trinajstić information content (AvgIpc) is 2.77. The van der Waals surface area contributed by atoms with Crippen LogP contribution in [0.4, 0.5) is 0 Å². The second kappa shape index (κ2) is 7.34. The normalized spacial score (nSPS) is 13.8. The molecule has 0 atom stereocenters. The van der Waals surface area contributed by atoms with Gasteiger partial charge >= 0.3 is 0 Å². The van der Waals surface area contributed by atoms with E-state index >= 15 is 0 Å². The molecule has 0 spiro atoms. The standard InChI is InChI=1S/C29H30/c1-4-20-16-19(3)17-21(5-2)29(20)24-12-13-26-23(18-24)11-15-27-25-9-7-6-8-22(25)10-14-28(26)27/h10-18H,4-9H2,1-3H3. The van der Waals surface area contributed by atoms with Crippen LogP contribution < -0.4 is 0 Å². The molecule has 0 amide bonds. The van der Waals surface area contributed by atoms with Crippen LogP contribution in [0, 0.1) is 6.92 Å². The van der Waals surface area contributed by atoms with E-state index < -0.39 is 0 Å². The molecule has 0 heteroatoms. The molecular weight excluding hydrogens is 348 g/mol. The van der Waals surface area contributed by atoms with Gasteiger partial charge in [0.25, 0.3) is 0 Å². The van der Waals surface area contributed by atoms with Crippen LogP contribution in [-0.2, 0) is 25.7 Å². The molecule has 4 aromatic carbocycles. The third-order valence-electron chi connectivity index (χ3n) is 6.84. The van der Waals surface area contributed by atoms with Gasteiger partial charge in [-0.25, -0.2) is 0 Å². The zero-order valence-electron chi connectivity index (χ0n) is 17.9. The van der Waals surface area contributed by atoms with Crippen molar-refractivity contribution in [2.24, 2.45) is 0 Å². The molecule has 1 aliphatic carbocycles. The second-order valence-electron chi connectivity index (χ2n) is 8.67. The first kappa shape index (κ1) is 18.4. The molecule has 5 rings (SSSR count). The number of benzene rings is 4. The fourth-order valence-electron chi connectivity index (χ4n) is 5.43. The van der Waals surface area contributed by atoms with Gasteiger partial charge in [-0.15, -0.1) is 0 Å². The van der Waals surface area contributed by atoms with E-state index in [2.05, 4.69) is 75.4 Å². The molecule has 4 aromatic rings. The molecule has 0 nitrogen and oxygen atoms in total. The van der Waals surface area contributed by atoms with Crippen molar-refractivity contribution in [3.63, 3.8) is 0 Å². The molecule has 0 saturated heterocycles. The minimum Gasteiger partial charge on any atom is -0.0613 e. The Morgan fingerprint density at radius 2 is 1.38 bits per heavy atom. The van der Waals surface area contributed by atoms with E-state index in [1.165, 1.54) is 75.0 Å². The van der Waals surface area contributed by atoms with Gasteiger partial charge in [0, 0.05) is 0 Å². The Morgan fingerprint density at radius 1 is 0.690 bits per heavy atom. The Bertz CT molecular complexity index is 1200. The summed E-state index contributed by atoms with van der Waals surface area (Å²) in [7, 11) is 0. The molecule has 0 fully saturated rings. The maximum absolute atomic E-state index is 2.41. The smallest absolute Gasteiger partial charge is 0.0102 e. The van der Waals surface area contributed by atoms with Gasteiger partial charge in [-0.3, -0.25) is 0 Å².